The van der Waals surface area contributed by atoms with Gasteiger partial charge in [0.1, 0.15) is 0 Å². The first-order valence-corrected chi connectivity index (χ1v) is 6.42. The van der Waals surface area contributed by atoms with E-state index >= 15 is 0 Å². The number of nitrogens with zero attached hydrogens (tertiary/aromatic N) is 5. The molecular weight excluding hydrogens is 296 g/mol. The number of carbonyl (C=O) groups is 1. The Balaban J connectivity index is 2.34. The predicted octanol–water partition coefficient (Wildman–Crippen LogP) is 3.14. The van der Waals surface area contributed by atoms with E-state index in [1.165, 1.54) is 6.08 Å². The molecule has 0 aromatic carbocycles. The van der Waals surface area contributed by atoms with Gasteiger partial charge in [0.15, 0.2) is 10.8 Å². The summed E-state index contributed by atoms with van der Waals surface area (Å²) >= 11 is 0. The first kappa shape index (κ1) is 15.7. The summed E-state index contributed by atoms with van der Waals surface area (Å²) in [6.45, 7) is 0. The smallest absolute Gasteiger partial charge is 0.339 e. The lowest BCUT2D eigenvalue weighted by Crippen LogP contribution is -2.04. The van der Waals surface area contributed by atoms with Gasteiger partial charge in [-0.15, -0.1) is 5.10 Å². The van der Waals surface area contributed by atoms with Crippen molar-refractivity contribution in [2.45, 2.75) is 0 Å². The number of aliphatic carboxylic acids is 1. The first-order chi connectivity index (χ1) is 11.1. The molecule has 0 radical (unpaired) electrons. The maximum atomic E-state index is 11.5. The highest BCUT2D eigenvalue weighted by molar-refractivity contribution is 6.07. The summed E-state index contributed by atoms with van der Waals surface area (Å²) in [6, 6.07) is 0. The summed E-state index contributed by atoms with van der Waals surface area (Å²) < 4.78 is 0. The molecular formula is C15H11N6O2+. The van der Waals surface area contributed by atoms with E-state index in [1.807, 2.05) is 0 Å². The van der Waals surface area contributed by atoms with E-state index in [4.69, 9.17) is 10.9 Å². The molecule has 8 nitrogen and oxygen atoms in total. The van der Waals surface area contributed by atoms with Crippen LogP contribution in [0.25, 0.3) is 5.08 Å². The van der Waals surface area contributed by atoms with Gasteiger partial charge in [-0.1, -0.05) is 29.5 Å². The fourth-order valence-electron chi connectivity index (χ4n) is 1.89. The minimum Gasteiger partial charge on any atom is -0.478 e. The normalized spacial score (nSPS) is 15.3. The summed E-state index contributed by atoms with van der Waals surface area (Å²) in [7, 11) is 0. The number of allylic oxidation sites excluding steroid dienone is 10. The molecule has 8 heteroatoms. The summed E-state index contributed by atoms with van der Waals surface area (Å²) in [5.74, 6) is -1.07. The molecule has 2 aliphatic carbocycles. The topological polar surface area (TPSA) is 126 Å². The Bertz CT molecular complexity index is 793. The van der Waals surface area contributed by atoms with Gasteiger partial charge in [0.25, 0.3) is 5.39 Å². The van der Waals surface area contributed by atoms with E-state index < -0.39 is 5.97 Å². The van der Waals surface area contributed by atoms with Crippen molar-refractivity contribution in [3.8, 4) is 0 Å². The molecule has 23 heavy (non-hydrogen) atoms. The summed E-state index contributed by atoms with van der Waals surface area (Å²) in [4.78, 5) is 11.5. The van der Waals surface area contributed by atoms with E-state index in [1.54, 1.807) is 48.6 Å². The third-order valence-corrected chi connectivity index (χ3v) is 2.94. The molecule has 0 aromatic rings. The van der Waals surface area contributed by atoms with Crippen LogP contribution in [0.5, 0.6) is 0 Å². The number of carboxylic acid groups (broad SMARTS) is 1. The van der Waals surface area contributed by atoms with Crippen LogP contribution < -0.4 is 0 Å². The van der Waals surface area contributed by atoms with Gasteiger partial charge in [0.2, 0.25) is 0 Å². The third-order valence-electron chi connectivity index (χ3n) is 2.94. The van der Waals surface area contributed by atoms with Crippen LogP contribution in [0.3, 0.4) is 0 Å². The lowest BCUT2D eigenvalue weighted by molar-refractivity contribution is -0.132. The molecule has 2 rings (SSSR count). The number of carboxylic acids is 1. The number of hydrogen-bond acceptors (Lipinski definition) is 5. The predicted molar refractivity (Wildman–Crippen MR) is 84.4 cm³/mol. The standard InChI is InChI=1S/C15H10N6O2/c16-20-18-12-5-1-10(2-6-12)9-14(15(22)23)11-3-7-13(8-4-11)19-21-17/h1-9,16H/p+1. The second kappa shape index (κ2) is 7.33. The molecule has 0 fully saturated rings. The van der Waals surface area contributed by atoms with Crippen LogP contribution in [0.15, 0.2) is 86.8 Å². The molecule has 0 saturated heterocycles. The lowest BCUT2D eigenvalue weighted by atomic mass is 9.98. The summed E-state index contributed by atoms with van der Waals surface area (Å²) in [6.07, 6.45) is 14.4. The molecule has 0 aromatic heterocycles. The van der Waals surface area contributed by atoms with Crippen LogP contribution in [0.2, 0.25) is 0 Å². The van der Waals surface area contributed by atoms with Gasteiger partial charge in [-0.3, -0.25) is 0 Å². The van der Waals surface area contributed by atoms with Gasteiger partial charge in [-0.2, -0.15) is 5.53 Å². The van der Waals surface area contributed by atoms with E-state index in [9.17, 15) is 9.90 Å². The molecule has 0 unspecified atom stereocenters. The van der Waals surface area contributed by atoms with Crippen molar-refractivity contribution >= 4 is 17.4 Å². The zero-order chi connectivity index (χ0) is 16.7. The second-order valence-electron chi connectivity index (χ2n) is 4.39. The molecule has 0 atom stereocenters. The van der Waals surface area contributed by atoms with E-state index in [2.05, 4.69) is 20.5 Å². The maximum absolute atomic E-state index is 11.5. The Morgan fingerprint density at radius 1 is 1.09 bits per heavy atom. The number of diazo groups is 1. The first-order valence-electron chi connectivity index (χ1n) is 6.42. The largest absolute Gasteiger partial charge is 0.478 e. The molecule has 0 bridgehead atoms. The number of rotatable bonds is 3. The highest BCUT2D eigenvalue weighted by atomic mass is 16.4. The van der Waals surface area contributed by atoms with Crippen LogP contribution in [0, 0.1) is 10.9 Å². The van der Waals surface area contributed by atoms with Gasteiger partial charge in [-0.25, -0.2) is 4.79 Å². The molecule has 0 spiro atoms. The number of nitrogens with one attached hydrogen (secondary N) is 1. The second-order valence-corrected chi connectivity index (χ2v) is 4.39. The highest BCUT2D eigenvalue weighted by Crippen LogP contribution is 2.18. The van der Waals surface area contributed by atoms with Gasteiger partial charge in [-0.05, 0) is 41.5 Å². The van der Waals surface area contributed by atoms with Crippen molar-refractivity contribution in [1.82, 2.24) is 0 Å². The Morgan fingerprint density at radius 2 is 1.70 bits per heavy atom. The van der Waals surface area contributed by atoms with Gasteiger partial charge < -0.3 is 5.11 Å². The Hall–Kier alpha value is -3.73. The minimum atomic E-state index is -1.07. The van der Waals surface area contributed by atoms with Gasteiger partial charge in [0, 0.05) is 0 Å². The van der Waals surface area contributed by atoms with Gasteiger partial charge >= 0.3 is 11.1 Å². The van der Waals surface area contributed by atoms with Crippen molar-refractivity contribution < 1.29 is 9.90 Å². The third kappa shape index (κ3) is 4.12. The maximum Gasteiger partial charge on any atom is 0.339 e. The SMILES string of the molecule is N#[N+]N=C1C=CC(=C(C=C2C=CC(=NN=N)C=C2)C(=O)O)C=C1. The van der Waals surface area contributed by atoms with Crippen LogP contribution in [0.1, 0.15) is 0 Å². The lowest BCUT2D eigenvalue weighted by Gasteiger charge is -2.06. The highest BCUT2D eigenvalue weighted by Gasteiger charge is 2.12. The summed E-state index contributed by atoms with van der Waals surface area (Å²) in [5, 5.41) is 30.4. The summed E-state index contributed by atoms with van der Waals surface area (Å²) in [5.41, 5.74) is 8.84. The fraction of sp³-hybridized carbons (Fsp3) is 0. The van der Waals surface area contributed by atoms with Crippen molar-refractivity contribution in [3.63, 3.8) is 0 Å². The fourth-order valence-corrected chi connectivity index (χ4v) is 1.89. The van der Waals surface area contributed by atoms with Gasteiger partial charge in [0.05, 0.1) is 11.3 Å². The zero-order valence-corrected chi connectivity index (χ0v) is 11.8. The van der Waals surface area contributed by atoms with Crippen molar-refractivity contribution in [2.75, 3.05) is 0 Å². The average molecular weight is 307 g/mol. The molecule has 0 aliphatic heterocycles. The molecule has 112 valence electrons. The molecule has 2 aliphatic rings. The Labute approximate surface area is 131 Å². The van der Waals surface area contributed by atoms with Crippen LogP contribution in [-0.2, 0) is 4.79 Å². The van der Waals surface area contributed by atoms with E-state index in [0.717, 1.165) is 0 Å². The quantitative estimate of drug-likeness (QED) is 0.360. The van der Waals surface area contributed by atoms with E-state index in [-0.39, 0.29) is 5.57 Å². The van der Waals surface area contributed by atoms with Crippen LogP contribution in [0.4, 0.5) is 0 Å². The monoisotopic (exact) mass is 307 g/mol. The Morgan fingerprint density at radius 3 is 2.22 bits per heavy atom. The minimum absolute atomic E-state index is 0.104. The van der Waals surface area contributed by atoms with Crippen LogP contribution in [-0.4, -0.2) is 22.5 Å². The average Bonchev–Trinajstić information content (AvgIpc) is 2.55. The zero-order valence-electron chi connectivity index (χ0n) is 11.8. The Kier molecular flexibility index (Phi) is 4.99. The number of hydrogen-bond donors (Lipinski definition) is 2. The molecule has 0 heterocycles. The van der Waals surface area contributed by atoms with Crippen LogP contribution >= 0.6 is 0 Å². The van der Waals surface area contributed by atoms with Crippen molar-refractivity contribution in [3.05, 3.63) is 76.5 Å². The molecule has 0 amide bonds. The van der Waals surface area contributed by atoms with Crippen molar-refractivity contribution in [1.29, 1.82) is 10.9 Å². The molecule has 2 N–H and O–H groups in total. The van der Waals surface area contributed by atoms with Crippen molar-refractivity contribution in [2.24, 2.45) is 15.4 Å². The molecule has 0 saturated carbocycles. The van der Waals surface area contributed by atoms with E-state index in [0.29, 0.717) is 22.6 Å².